The topological polar surface area (TPSA) is 81.3 Å². The van der Waals surface area contributed by atoms with Gasteiger partial charge in [-0.3, -0.25) is 9.29 Å². The van der Waals surface area contributed by atoms with Crippen LogP contribution in [-0.2, 0) is 16.6 Å². The zero-order chi connectivity index (χ0) is 15.9. The van der Waals surface area contributed by atoms with Crippen LogP contribution in [0.15, 0.2) is 43.1 Å². The van der Waals surface area contributed by atoms with Gasteiger partial charge in [-0.1, -0.05) is 17.7 Å². The number of oxazole rings is 1. The van der Waals surface area contributed by atoms with Crippen molar-refractivity contribution in [2.45, 2.75) is 17.7 Å². The molecule has 116 valence electrons. The summed E-state index contributed by atoms with van der Waals surface area (Å²) in [6.45, 7) is 2.20. The van der Waals surface area contributed by atoms with Crippen molar-refractivity contribution < 1.29 is 12.8 Å². The van der Waals surface area contributed by atoms with Crippen LogP contribution in [0.4, 0.5) is 5.69 Å². The molecule has 0 aliphatic rings. The smallest absolute Gasteiger partial charge is 0.408 e. The van der Waals surface area contributed by atoms with Crippen molar-refractivity contribution in [2.24, 2.45) is 0 Å². The standard InChI is InChI=1S/C13H11ClN2O4S2/c1-2-16-10-7-9(8(14)6-11(10)20-13(16)17)15-22(18,19)12-4-3-5-21-12/h3-7,15H,2H2,1H3. The molecule has 0 radical (unpaired) electrons. The second-order valence-electron chi connectivity index (χ2n) is 4.45. The van der Waals surface area contributed by atoms with Crippen LogP contribution in [0.25, 0.3) is 11.1 Å². The van der Waals surface area contributed by atoms with Crippen LogP contribution in [0.5, 0.6) is 0 Å². The molecule has 1 aromatic carbocycles. The molecule has 2 heterocycles. The zero-order valence-corrected chi connectivity index (χ0v) is 13.8. The number of sulfonamides is 1. The predicted molar refractivity (Wildman–Crippen MR) is 86.3 cm³/mol. The number of halogens is 1. The normalized spacial score (nSPS) is 11.9. The van der Waals surface area contributed by atoms with Crippen LogP contribution in [-0.4, -0.2) is 13.0 Å². The SMILES string of the molecule is CCn1c(=O)oc2cc(Cl)c(NS(=O)(=O)c3cccs3)cc21. The number of anilines is 1. The van der Waals surface area contributed by atoms with Gasteiger partial charge in [-0.05, 0) is 24.4 Å². The molecule has 3 aromatic rings. The molecule has 0 fully saturated rings. The van der Waals surface area contributed by atoms with E-state index in [1.54, 1.807) is 18.4 Å². The van der Waals surface area contributed by atoms with Crippen LogP contribution in [0.3, 0.4) is 0 Å². The zero-order valence-electron chi connectivity index (χ0n) is 11.4. The maximum absolute atomic E-state index is 12.3. The van der Waals surface area contributed by atoms with E-state index in [1.165, 1.54) is 22.8 Å². The lowest BCUT2D eigenvalue weighted by atomic mass is 10.3. The van der Waals surface area contributed by atoms with E-state index in [0.717, 1.165) is 11.3 Å². The fourth-order valence-electron chi connectivity index (χ4n) is 2.07. The first-order valence-corrected chi connectivity index (χ1v) is 9.05. The van der Waals surface area contributed by atoms with Gasteiger partial charge in [0.15, 0.2) is 5.58 Å². The molecule has 0 bridgehead atoms. The first-order valence-electron chi connectivity index (χ1n) is 6.31. The Morgan fingerprint density at radius 1 is 1.41 bits per heavy atom. The van der Waals surface area contributed by atoms with Crippen LogP contribution >= 0.6 is 22.9 Å². The molecule has 0 unspecified atom stereocenters. The van der Waals surface area contributed by atoms with E-state index in [-0.39, 0.29) is 14.9 Å². The fourth-order valence-corrected chi connectivity index (χ4v) is 4.39. The number of hydrogen-bond donors (Lipinski definition) is 1. The molecule has 0 amide bonds. The third-order valence-corrected chi connectivity index (χ3v) is 6.15. The van der Waals surface area contributed by atoms with Crippen molar-refractivity contribution in [3.05, 3.63) is 45.2 Å². The monoisotopic (exact) mass is 358 g/mol. The number of nitrogens with one attached hydrogen (secondary N) is 1. The van der Waals surface area contributed by atoms with E-state index >= 15 is 0 Å². The van der Waals surface area contributed by atoms with Crippen LogP contribution in [0, 0.1) is 0 Å². The van der Waals surface area contributed by atoms with E-state index in [1.807, 2.05) is 0 Å². The molecule has 9 heteroatoms. The van der Waals surface area contributed by atoms with Gasteiger partial charge in [-0.2, -0.15) is 0 Å². The summed E-state index contributed by atoms with van der Waals surface area (Å²) >= 11 is 7.18. The van der Waals surface area contributed by atoms with Gasteiger partial charge in [0.2, 0.25) is 0 Å². The van der Waals surface area contributed by atoms with E-state index in [4.69, 9.17) is 16.0 Å². The molecule has 0 aliphatic heterocycles. The number of aromatic nitrogens is 1. The third kappa shape index (κ3) is 2.53. The van der Waals surface area contributed by atoms with E-state index < -0.39 is 15.8 Å². The summed E-state index contributed by atoms with van der Waals surface area (Å²) in [7, 11) is -3.71. The molecule has 2 aromatic heterocycles. The lowest BCUT2D eigenvalue weighted by molar-refractivity contribution is 0.513. The molecule has 0 aliphatic carbocycles. The highest BCUT2D eigenvalue weighted by Gasteiger charge is 2.19. The molecule has 6 nitrogen and oxygen atoms in total. The third-order valence-electron chi connectivity index (χ3n) is 3.08. The molecule has 3 rings (SSSR count). The van der Waals surface area contributed by atoms with Crippen molar-refractivity contribution >= 4 is 49.7 Å². The van der Waals surface area contributed by atoms with E-state index in [2.05, 4.69) is 4.72 Å². The van der Waals surface area contributed by atoms with Gasteiger partial charge in [0.1, 0.15) is 4.21 Å². The van der Waals surface area contributed by atoms with Crippen molar-refractivity contribution in [2.75, 3.05) is 4.72 Å². The van der Waals surface area contributed by atoms with Gasteiger partial charge in [-0.15, -0.1) is 11.3 Å². The summed E-state index contributed by atoms with van der Waals surface area (Å²) < 4.78 is 33.6. The molecule has 0 spiro atoms. The van der Waals surface area contributed by atoms with Crippen molar-refractivity contribution in [1.82, 2.24) is 4.57 Å². The summed E-state index contributed by atoms with van der Waals surface area (Å²) in [5.41, 5.74) is 1.00. The fraction of sp³-hybridized carbons (Fsp3) is 0.154. The molecular formula is C13H11ClN2O4S2. The maximum Gasteiger partial charge on any atom is 0.419 e. The second kappa shape index (κ2) is 5.45. The van der Waals surface area contributed by atoms with Crippen molar-refractivity contribution in [1.29, 1.82) is 0 Å². The Hall–Kier alpha value is -1.77. The average Bonchev–Trinajstić information content (AvgIpc) is 3.06. The van der Waals surface area contributed by atoms with Crippen molar-refractivity contribution in [3.8, 4) is 0 Å². The molecule has 1 N–H and O–H groups in total. The lowest BCUT2D eigenvalue weighted by Crippen LogP contribution is -2.13. The first-order chi connectivity index (χ1) is 10.4. The predicted octanol–water partition coefficient (Wildman–Crippen LogP) is 3.13. The van der Waals surface area contributed by atoms with Gasteiger partial charge in [0, 0.05) is 12.6 Å². The number of nitrogens with zero attached hydrogens (tertiary/aromatic N) is 1. The van der Waals surface area contributed by atoms with Gasteiger partial charge < -0.3 is 4.42 Å². The summed E-state index contributed by atoms with van der Waals surface area (Å²) in [6, 6.07) is 6.07. The number of thiophene rings is 1. The summed E-state index contributed by atoms with van der Waals surface area (Å²) in [6.07, 6.45) is 0. The number of fused-ring (bicyclic) bond motifs is 1. The molecule has 0 saturated carbocycles. The average molecular weight is 359 g/mol. The highest BCUT2D eigenvalue weighted by Crippen LogP contribution is 2.30. The largest absolute Gasteiger partial charge is 0.419 e. The van der Waals surface area contributed by atoms with Crippen LogP contribution in [0.2, 0.25) is 5.02 Å². The molecule has 0 saturated heterocycles. The summed E-state index contributed by atoms with van der Waals surface area (Å²) in [5, 5.41) is 1.83. The Labute approximate surface area is 135 Å². The minimum atomic E-state index is -3.71. The van der Waals surface area contributed by atoms with Gasteiger partial charge >= 0.3 is 5.76 Å². The lowest BCUT2D eigenvalue weighted by Gasteiger charge is -2.08. The quantitative estimate of drug-likeness (QED) is 0.776. The van der Waals surface area contributed by atoms with Crippen LogP contribution < -0.4 is 10.5 Å². The van der Waals surface area contributed by atoms with E-state index in [9.17, 15) is 13.2 Å². The Morgan fingerprint density at radius 3 is 2.82 bits per heavy atom. The Morgan fingerprint density at radius 2 is 2.18 bits per heavy atom. The van der Waals surface area contributed by atoms with Crippen molar-refractivity contribution in [3.63, 3.8) is 0 Å². The molecular weight excluding hydrogens is 348 g/mol. The highest BCUT2D eigenvalue weighted by atomic mass is 35.5. The minimum absolute atomic E-state index is 0.157. The number of rotatable bonds is 4. The van der Waals surface area contributed by atoms with E-state index in [0.29, 0.717) is 17.6 Å². The number of aryl methyl sites for hydroxylation is 1. The Kier molecular flexibility index (Phi) is 3.75. The van der Waals surface area contributed by atoms with Gasteiger partial charge in [-0.25, -0.2) is 13.2 Å². The first kappa shape index (κ1) is 15.1. The Bertz CT molecular complexity index is 987. The highest BCUT2D eigenvalue weighted by molar-refractivity contribution is 7.94. The number of hydrogen-bond acceptors (Lipinski definition) is 5. The maximum atomic E-state index is 12.3. The summed E-state index contributed by atoms with van der Waals surface area (Å²) in [5.74, 6) is -0.508. The summed E-state index contributed by atoms with van der Waals surface area (Å²) in [4.78, 5) is 11.7. The molecule has 0 atom stereocenters. The minimum Gasteiger partial charge on any atom is -0.408 e. The second-order valence-corrected chi connectivity index (χ2v) is 7.71. The number of benzene rings is 1. The Balaban J connectivity index is 2.11. The van der Waals surface area contributed by atoms with Crippen LogP contribution in [0.1, 0.15) is 6.92 Å². The van der Waals surface area contributed by atoms with Gasteiger partial charge in [0.05, 0.1) is 16.2 Å². The van der Waals surface area contributed by atoms with Gasteiger partial charge in [0.25, 0.3) is 10.0 Å². The molecule has 22 heavy (non-hydrogen) atoms.